The first-order valence-electron chi connectivity index (χ1n) is 7.31. The Morgan fingerprint density at radius 3 is 2.37 bits per heavy atom. The quantitative estimate of drug-likeness (QED) is 0.835. The average molecular weight is 289 g/mol. The fourth-order valence-electron chi connectivity index (χ4n) is 3.25. The Labute approximate surface area is 117 Å². The maximum absolute atomic E-state index is 12.0. The molecule has 0 unspecified atom stereocenters. The lowest BCUT2D eigenvalue weighted by atomic mass is 9.79. The van der Waals surface area contributed by atoms with Gasteiger partial charge in [-0.25, -0.2) is 8.42 Å². The number of β-amino-alcohol motifs (C(OH)–C–C–N with tert-alkyl or cyclic N) is 1. The van der Waals surface area contributed by atoms with Gasteiger partial charge in [-0.05, 0) is 45.4 Å². The Kier molecular flexibility index (Phi) is 4.02. The Balaban J connectivity index is 1.98. The molecule has 2 rings (SSSR count). The summed E-state index contributed by atoms with van der Waals surface area (Å²) in [5.74, 6) is 0.922. The van der Waals surface area contributed by atoms with E-state index in [2.05, 4.69) is 11.8 Å². The van der Waals surface area contributed by atoms with Crippen molar-refractivity contribution in [3.63, 3.8) is 0 Å². The molecule has 0 atom stereocenters. The molecule has 0 bridgehead atoms. The number of aliphatic hydroxyl groups is 1. The van der Waals surface area contributed by atoms with E-state index in [1.165, 1.54) is 0 Å². The summed E-state index contributed by atoms with van der Waals surface area (Å²) in [6, 6.07) is 0. The van der Waals surface area contributed by atoms with Crippen molar-refractivity contribution < 1.29 is 13.5 Å². The van der Waals surface area contributed by atoms with Crippen molar-refractivity contribution in [2.75, 3.05) is 25.4 Å². The Bertz CT molecular complexity index is 422. The third kappa shape index (κ3) is 3.31. The minimum atomic E-state index is -2.99. The van der Waals surface area contributed by atoms with Gasteiger partial charge >= 0.3 is 0 Å². The fourth-order valence-corrected chi connectivity index (χ4v) is 4.68. The lowest BCUT2D eigenvalue weighted by Gasteiger charge is -2.43. The highest BCUT2D eigenvalue weighted by Crippen LogP contribution is 2.34. The monoisotopic (exact) mass is 289 g/mol. The van der Waals surface area contributed by atoms with Crippen molar-refractivity contribution in [3.05, 3.63) is 0 Å². The second-order valence-electron chi connectivity index (χ2n) is 7.20. The first-order chi connectivity index (χ1) is 8.64. The van der Waals surface area contributed by atoms with E-state index < -0.39 is 20.2 Å². The molecular weight excluding hydrogens is 262 g/mol. The van der Waals surface area contributed by atoms with Gasteiger partial charge in [0, 0.05) is 19.6 Å². The van der Waals surface area contributed by atoms with Gasteiger partial charge in [-0.15, -0.1) is 0 Å². The van der Waals surface area contributed by atoms with Crippen molar-refractivity contribution in [1.82, 2.24) is 4.90 Å². The van der Waals surface area contributed by atoms with Crippen LogP contribution in [0.1, 0.15) is 46.5 Å². The third-order valence-electron chi connectivity index (χ3n) is 4.85. The van der Waals surface area contributed by atoms with E-state index in [0.29, 0.717) is 25.6 Å². The Hall–Kier alpha value is -0.130. The lowest BCUT2D eigenvalue weighted by Crippen LogP contribution is -2.57. The molecule has 1 saturated heterocycles. The van der Waals surface area contributed by atoms with E-state index in [1.54, 1.807) is 13.8 Å². The smallest absolute Gasteiger partial charge is 0.157 e. The first kappa shape index (κ1) is 15.3. The summed E-state index contributed by atoms with van der Waals surface area (Å²) < 4.78 is 23.3. The van der Waals surface area contributed by atoms with E-state index in [9.17, 15) is 13.5 Å². The van der Waals surface area contributed by atoms with Crippen molar-refractivity contribution in [2.45, 2.75) is 56.8 Å². The maximum Gasteiger partial charge on any atom is 0.157 e. The molecule has 2 aliphatic rings. The van der Waals surface area contributed by atoms with Gasteiger partial charge in [-0.3, -0.25) is 4.90 Å². The second kappa shape index (κ2) is 5.01. The SMILES string of the molecule is CC1CCC(O)(CN2CCS(=O)(=O)C(C)(C)C2)CC1. The van der Waals surface area contributed by atoms with Crippen LogP contribution in [0.5, 0.6) is 0 Å². The predicted molar refractivity (Wildman–Crippen MR) is 76.9 cm³/mol. The summed E-state index contributed by atoms with van der Waals surface area (Å²) in [6.07, 6.45) is 3.84. The van der Waals surface area contributed by atoms with Crippen molar-refractivity contribution in [1.29, 1.82) is 0 Å². The third-order valence-corrected chi connectivity index (χ3v) is 7.38. The van der Waals surface area contributed by atoms with Gasteiger partial charge < -0.3 is 5.11 Å². The molecule has 1 heterocycles. The van der Waals surface area contributed by atoms with Gasteiger partial charge in [-0.2, -0.15) is 0 Å². The molecule has 4 nitrogen and oxygen atoms in total. The maximum atomic E-state index is 12.0. The van der Waals surface area contributed by atoms with Crippen LogP contribution >= 0.6 is 0 Å². The second-order valence-corrected chi connectivity index (χ2v) is 9.94. The molecule has 112 valence electrons. The molecule has 0 aromatic heterocycles. The predicted octanol–water partition coefficient (Wildman–Crippen LogP) is 1.44. The van der Waals surface area contributed by atoms with Crippen LogP contribution in [0.15, 0.2) is 0 Å². The average Bonchev–Trinajstić information content (AvgIpc) is 2.28. The highest BCUT2D eigenvalue weighted by molar-refractivity contribution is 7.92. The van der Waals surface area contributed by atoms with Crippen LogP contribution in [0.4, 0.5) is 0 Å². The molecule has 0 aromatic rings. The summed E-state index contributed by atoms with van der Waals surface area (Å²) in [4.78, 5) is 2.14. The highest BCUT2D eigenvalue weighted by Gasteiger charge is 2.42. The van der Waals surface area contributed by atoms with Gasteiger partial charge in [0.25, 0.3) is 0 Å². The lowest BCUT2D eigenvalue weighted by molar-refractivity contribution is -0.0361. The zero-order chi connectivity index (χ0) is 14.3. The Morgan fingerprint density at radius 1 is 1.26 bits per heavy atom. The molecule has 0 aromatic carbocycles. The van der Waals surface area contributed by atoms with Crippen LogP contribution in [-0.2, 0) is 9.84 Å². The van der Waals surface area contributed by atoms with E-state index in [-0.39, 0.29) is 5.75 Å². The topological polar surface area (TPSA) is 57.6 Å². The standard InChI is InChI=1S/C14H27NO3S/c1-12-4-6-14(16,7-5-12)11-15-8-9-19(17,18)13(2,3)10-15/h12,16H,4-11H2,1-3H3. The molecule has 5 heteroatoms. The Morgan fingerprint density at radius 2 is 1.84 bits per heavy atom. The molecule has 1 N–H and O–H groups in total. The molecule has 0 spiro atoms. The molecule has 2 fully saturated rings. The van der Waals surface area contributed by atoms with Gasteiger partial charge in [0.05, 0.1) is 16.1 Å². The number of hydrogen-bond donors (Lipinski definition) is 1. The van der Waals surface area contributed by atoms with Crippen molar-refractivity contribution >= 4 is 9.84 Å². The summed E-state index contributed by atoms with van der Waals surface area (Å²) >= 11 is 0. The van der Waals surface area contributed by atoms with Gasteiger partial charge in [0.1, 0.15) is 0 Å². The molecule has 0 amide bonds. The molecule has 0 radical (unpaired) electrons. The zero-order valence-corrected chi connectivity index (χ0v) is 13.2. The molecule has 1 aliphatic heterocycles. The number of sulfone groups is 1. The minimum absolute atomic E-state index is 0.215. The van der Waals surface area contributed by atoms with Crippen LogP contribution in [0.2, 0.25) is 0 Å². The fraction of sp³-hybridized carbons (Fsp3) is 1.00. The van der Waals surface area contributed by atoms with Crippen LogP contribution in [0.3, 0.4) is 0 Å². The number of rotatable bonds is 2. The number of nitrogens with zero attached hydrogens (tertiary/aromatic N) is 1. The summed E-state index contributed by atoms with van der Waals surface area (Å²) in [5.41, 5.74) is -0.607. The highest BCUT2D eigenvalue weighted by atomic mass is 32.2. The molecule has 1 saturated carbocycles. The van der Waals surface area contributed by atoms with Crippen molar-refractivity contribution in [2.24, 2.45) is 5.92 Å². The van der Waals surface area contributed by atoms with Gasteiger partial charge in [0.15, 0.2) is 9.84 Å². The van der Waals surface area contributed by atoms with Crippen LogP contribution in [0, 0.1) is 5.92 Å². The van der Waals surface area contributed by atoms with Crippen LogP contribution < -0.4 is 0 Å². The van der Waals surface area contributed by atoms with Crippen LogP contribution in [-0.4, -0.2) is 54.2 Å². The van der Waals surface area contributed by atoms with E-state index in [0.717, 1.165) is 25.7 Å². The zero-order valence-electron chi connectivity index (χ0n) is 12.4. The summed E-state index contributed by atoms with van der Waals surface area (Å²) in [7, 11) is -2.99. The van der Waals surface area contributed by atoms with E-state index in [1.807, 2.05) is 0 Å². The molecular formula is C14H27NO3S. The van der Waals surface area contributed by atoms with E-state index in [4.69, 9.17) is 0 Å². The normalized spacial score (nSPS) is 39.1. The van der Waals surface area contributed by atoms with Crippen molar-refractivity contribution in [3.8, 4) is 0 Å². The van der Waals surface area contributed by atoms with E-state index >= 15 is 0 Å². The largest absolute Gasteiger partial charge is 0.389 e. The van der Waals surface area contributed by atoms with Crippen LogP contribution in [0.25, 0.3) is 0 Å². The minimum Gasteiger partial charge on any atom is -0.389 e. The van der Waals surface area contributed by atoms with Gasteiger partial charge in [-0.1, -0.05) is 6.92 Å². The number of hydrogen-bond acceptors (Lipinski definition) is 4. The molecule has 1 aliphatic carbocycles. The first-order valence-corrected chi connectivity index (χ1v) is 8.96. The van der Waals surface area contributed by atoms with Gasteiger partial charge in [0.2, 0.25) is 0 Å². The molecule has 19 heavy (non-hydrogen) atoms. The summed E-state index contributed by atoms with van der Waals surface area (Å²) in [5, 5.41) is 10.7. The summed E-state index contributed by atoms with van der Waals surface area (Å²) in [6.45, 7) is 7.54.